The van der Waals surface area contributed by atoms with Crippen LogP contribution in [0, 0.1) is 0 Å². The van der Waals surface area contributed by atoms with Crippen LogP contribution < -0.4 is 4.74 Å². The van der Waals surface area contributed by atoms with Crippen molar-refractivity contribution in [3.8, 4) is 5.75 Å². The Morgan fingerprint density at radius 1 is 0.943 bits per heavy atom. The monoisotopic (exact) mass is 491 g/mol. The van der Waals surface area contributed by atoms with Crippen LogP contribution in [-0.4, -0.2) is 92.1 Å². The quantitative estimate of drug-likeness (QED) is 0.644. The standard InChI is InChI=1S/C25H28F3N3O4/c1-34-21-4-2-3-19(15-21)24(33)30-11-9-29(10-12-30)16-22-17-31(13-14-35-22)23(32)18-5-7-20(8-6-18)25(26,27)28/h2-8,15,22H,9-14,16-17H2,1H3. The molecule has 2 aliphatic heterocycles. The van der Waals surface area contributed by atoms with Gasteiger partial charge in [0.1, 0.15) is 5.75 Å². The van der Waals surface area contributed by atoms with Crippen LogP contribution in [0.25, 0.3) is 0 Å². The Hall–Kier alpha value is -3.11. The summed E-state index contributed by atoms with van der Waals surface area (Å²) in [6, 6.07) is 11.4. The van der Waals surface area contributed by atoms with Crippen molar-refractivity contribution in [3.63, 3.8) is 0 Å². The lowest BCUT2D eigenvalue weighted by Crippen LogP contribution is -2.54. The molecule has 2 aromatic carbocycles. The molecule has 188 valence electrons. The lowest BCUT2D eigenvalue weighted by Gasteiger charge is -2.39. The molecule has 0 bridgehead atoms. The summed E-state index contributed by atoms with van der Waals surface area (Å²) in [5.74, 6) is 0.297. The van der Waals surface area contributed by atoms with Gasteiger partial charge in [-0.1, -0.05) is 6.07 Å². The van der Waals surface area contributed by atoms with Crippen molar-refractivity contribution in [2.45, 2.75) is 12.3 Å². The minimum absolute atomic E-state index is 0.0363. The number of nitrogens with zero attached hydrogens (tertiary/aromatic N) is 3. The van der Waals surface area contributed by atoms with E-state index in [2.05, 4.69) is 4.90 Å². The zero-order valence-electron chi connectivity index (χ0n) is 19.5. The number of carbonyl (C=O) groups is 2. The van der Waals surface area contributed by atoms with Gasteiger partial charge in [-0.05, 0) is 42.5 Å². The van der Waals surface area contributed by atoms with Crippen molar-refractivity contribution in [2.24, 2.45) is 0 Å². The van der Waals surface area contributed by atoms with Crippen LogP contribution in [0.1, 0.15) is 26.3 Å². The normalized spacial score (nSPS) is 19.5. The third-order valence-electron chi connectivity index (χ3n) is 6.32. The summed E-state index contributed by atoms with van der Waals surface area (Å²) >= 11 is 0. The maximum Gasteiger partial charge on any atom is 0.416 e. The zero-order valence-corrected chi connectivity index (χ0v) is 19.5. The Balaban J connectivity index is 1.28. The zero-order chi connectivity index (χ0) is 25.0. The van der Waals surface area contributed by atoms with Gasteiger partial charge in [-0.15, -0.1) is 0 Å². The van der Waals surface area contributed by atoms with Gasteiger partial charge < -0.3 is 19.3 Å². The maximum absolute atomic E-state index is 12.8. The average molecular weight is 492 g/mol. The largest absolute Gasteiger partial charge is 0.497 e. The number of hydrogen-bond acceptors (Lipinski definition) is 5. The highest BCUT2D eigenvalue weighted by Gasteiger charge is 2.32. The van der Waals surface area contributed by atoms with Crippen molar-refractivity contribution < 1.29 is 32.2 Å². The third-order valence-corrected chi connectivity index (χ3v) is 6.32. The van der Waals surface area contributed by atoms with Gasteiger partial charge in [0.15, 0.2) is 0 Å². The average Bonchev–Trinajstić information content (AvgIpc) is 2.88. The highest BCUT2D eigenvalue weighted by Crippen LogP contribution is 2.29. The molecule has 1 atom stereocenters. The van der Waals surface area contributed by atoms with Gasteiger partial charge in [0.25, 0.3) is 11.8 Å². The van der Waals surface area contributed by atoms with E-state index >= 15 is 0 Å². The lowest BCUT2D eigenvalue weighted by atomic mass is 10.1. The minimum Gasteiger partial charge on any atom is -0.497 e. The number of hydrogen-bond donors (Lipinski definition) is 0. The van der Waals surface area contributed by atoms with Crippen LogP contribution in [0.2, 0.25) is 0 Å². The van der Waals surface area contributed by atoms with E-state index < -0.39 is 11.7 Å². The molecule has 2 saturated heterocycles. The molecule has 2 aromatic rings. The molecule has 0 radical (unpaired) electrons. The van der Waals surface area contributed by atoms with Crippen LogP contribution in [0.15, 0.2) is 48.5 Å². The molecule has 0 saturated carbocycles. The van der Waals surface area contributed by atoms with E-state index in [4.69, 9.17) is 9.47 Å². The molecule has 2 heterocycles. The number of methoxy groups -OCH3 is 1. The van der Waals surface area contributed by atoms with Crippen molar-refractivity contribution in [1.29, 1.82) is 0 Å². The first kappa shape index (κ1) is 25.0. The highest BCUT2D eigenvalue weighted by atomic mass is 19.4. The summed E-state index contributed by atoms with van der Waals surface area (Å²) in [6.07, 6.45) is -4.64. The number of carbonyl (C=O) groups excluding carboxylic acids is 2. The fraction of sp³-hybridized carbons (Fsp3) is 0.440. The predicted octanol–water partition coefficient (Wildman–Crippen LogP) is 3.01. The number of morpholine rings is 1. The number of benzene rings is 2. The number of rotatable bonds is 5. The number of ether oxygens (including phenoxy) is 2. The van der Waals surface area contributed by atoms with Gasteiger partial charge in [0.2, 0.25) is 0 Å². The molecule has 1 unspecified atom stereocenters. The number of halogens is 3. The van der Waals surface area contributed by atoms with Crippen molar-refractivity contribution in [2.75, 3.05) is 59.5 Å². The van der Waals surface area contributed by atoms with Crippen molar-refractivity contribution in [1.82, 2.24) is 14.7 Å². The summed E-state index contributed by atoms with van der Waals surface area (Å²) in [5.41, 5.74) is 0.0343. The van der Waals surface area contributed by atoms with Crippen LogP contribution in [0.4, 0.5) is 13.2 Å². The van der Waals surface area contributed by atoms with Gasteiger partial charge in [-0.2, -0.15) is 13.2 Å². The molecule has 10 heteroatoms. The van der Waals surface area contributed by atoms with E-state index in [1.165, 1.54) is 12.1 Å². The second-order valence-electron chi connectivity index (χ2n) is 8.64. The number of alkyl halides is 3. The Morgan fingerprint density at radius 2 is 1.63 bits per heavy atom. The summed E-state index contributed by atoms with van der Waals surface area (Å²) in [5, 5.41) is 0. The summed E-state index contributed by atoms with van der Waals surface area (Å²) in [7, 11) is 1.56. The van der Waals surface area contributed by atoms with Crippen LogP contribution >= 0.6 is 0 Å². The molecule has 2 aliphatic rings. The minimum atomic E-state index is -4.44. The fourth-order valence-corrected chi connectivity index (χ4v) is 4.36. The second-order valence-corrected chi connectivity index (χ2v) is 8.64. The molecule has 35 heavy (non-hydrogen) atoms. The Bertz CT molecular complexity index is 1040. The maximum atomic E-state index is 12.8. The molecular weight excluding hydrogens is 463 g/mol. The summed E-state index contributed by atoms with van der Waals surface area (Å²) in [4.78, 5) is 31.3. The van der Waals surface area contributed by atoms with Gasteiger partial charge in [0, 0.05) is 56.9 Å². The number of piperazine rings is 1. The van der Waals surface area contributed by atoms with Crippen LogP contribution in [0.3, 0.4) is 0 Å². The van der Waals surface area contributed by atoms with Crippen LogP contribution in [-0.2, 0) is 10.9 Å². The Morgan fingerprint density at radius 3 is 2.29 bits per heavy atom. The van der Waals surface area contributed by atoms with E-state index in [1.807, 2.05) is 4.90 Å². The molecule has 4 rings (SSSR count). The summed E-state index contributed by atoms with van der Waals surface area (Å²) < 4.78 is 49.4. The van der Waals surface area contributed by atoms with Crippen molar-refractivity contribution in [3.05, 3.63) is 65.2 Å². The SMILES string of the molecule is COc1cccc(C(=O)N2CCN(CC3CN(C(=O)c4ccc(C(F)(F)F)cc4)CCO3)CC2)c1. The molecule has 7 nitrogen and oxygen atoms in total. The Labute approximate surface area is 202 Å². The summed E-state index contributed by atoms with van der Waals surface area (Å²) in [6.45, 7) is 4.25. The first-order chi connectivity index (χ1) is 16.7. The predicted molar refractivity (Wildman–Crippen MR) is 122 cm³/mol. The first-order valence-electron chi connectivity index (χ1n) is 11.5. The molecule has 0 aromatic heterocycles. The van der Waals surface area contributed by atoms with E-state index in [-0.39, 0.29) is 23.5 Å². The van der Waals surface area contributed by atoms with Gasteiger partial charge in [0.05, 0.1) is 25.4 Å². The molecule has 0 aliphatic carbocycles. The van der Waals surface area contributed by atoms with Gasteiger partial charge in [-0.25, -0.2) is 0 Å². The fourth-order valence-electron chi connectivity index (χ4n) is 4.36. The molecule has 2 fully saturated rings. The van der Waals surface area contributed by atoms with E-state index in [9.17, 15) is 22.8 Å². The highest BCUT2D eigenvalue weighted by molar-refractivity contribution is 5.95. The van der Waals surface area contributed by atoms with Crippen LogP contribution in [0.5, 0.6) is 5.75 Å². The number of amides is 2. The molecule has 2 amide bonds. The lowest BCUT2D eigenvalue weighted by molar-refractivity contribution is -0.137. The van der Waals surface area contributed by atoms with Gasteiger partial charge >= 0.3 is 6.18 Å². The molecule has 0 N–H and O–H groups in total. The second kappa shape index (κ2) is 10.7. The van der Waals surface area contributed by atoms with E-state index in [0.29, 0.717) is 63.7 Å². The topological polar surface area (TPSA) is 62.3 Å². The Kier molecular flexibility index (Phi) is 7.61. The smallest absolute Gasteiger partial charge is 0.416 e. The van der Waals surface area contributed by atoms with E-state index in [1.54, 1.807) is 36.3 Å². The molecular formula is C25H28F3N3O4. The molecule has 0 spiro atoms. The van der Waals surface area contributed by atoms with Gasteiger partial charge in [-0.3, -0.25) is 14.5 Å². The van der Waals surface area contributed by atoms with E-state index in [0.717, 1.165) is 12.1 Å². The third kappa shape index (κ3) is 6.12. The van der Waals surface area contributed by atoms with Crippen molar-refractivity contribution >= 4 is 11.8 Å². The first-order valence-corrected chi connectivity index (χ1v) is 11.5.